The van der Waals surface area contributed by atoms with Crippen LogP contribution in [0, 0.1) is 5.82 Å². The minimum atomic E-state index is -0.532. The normalized spacial score (nSPS) is 9.33. The molecule has 0 amide bonds. The van der Waals surface area contributed by atoms with Gasteiger partial charge in [0.15, 0.2) is 11.6 Å². The Balaban J connectivity index is 0.000000423. The van der Waals surface area contributed by atoms with Crippen LogP contribution in [0.2, 0.25) is 0 Å². The first-order valence-corrected chi connectivity index (χ1v) is 5.63. The summed E-state index contributed by atoms with van der Waals surface area (Å²) in [6, 6.07) is 4.50. The Morgan fingerprint density at radius 3 is 2.07 bits per heavy atom. The van der Waals surface area contributed by atoms with Gasteiger partial charge in [0.25, 0.3) is 0 Å². The number of halogens is 1. The highest BCUT2D eigenvalue weighted by Crippen LogP contribution is 2.16. The molecule has 1 aromatic carbocycles. The first-order valence-electron chi connectivity index (χ1n) is 5.63. The van der Waals surface area contributed by atoms with Gasteiger partial charge in [-0.05, 0) is 24.1 Å². The van der Waals surface area contributed by atoms with Crippen LogP contribution in [0.25, 0.3) is 0 Å². The number of unbranched alkanes of at least 4 members (excludes halogenated alkanes) is 1. The summed E-state index contributed by atoms with van der Waals surface area (Å²) in [6.07, 6.45) is 4.49. The molecule has 86 valence electrons. The SMILES string of the molecule is CCCC.CCCc1ccc(O)c(F)c1. The average Bonchev–Trinajstić information content (AvgIpc) is 2.24. The number of phenols is 1. The van der Waals surface area contributed by atoms with E-state index in [4.69, 9.17) is 5.11 Å². The van der Waals surface area contributed by atoms with E-state index in [1.54, 1.807) is 6.07 Å². The summed E-state index contributed by atoms with van der Waals surface area (Å²) in [6.45, 7) is 6.39. The van der Waals surface area contributed by atoms with Crippen molar-refractivity contribution in [1.29, 1.82) is 0 Å². The summed E-state index contributed by atoms with van der Waals surface area (Å²) in [5.41, 5.74) is 0.933. The highest BCUT2D eigenvalue weighted by Gasteiger charge is 1.99. The van der Waals surface area contributed by atoms with Crippen molar-refractivity contribution in [3.63, 3.8) is 0 Å². The number of rotatable bonds is 3. The van der Waals surface area contributed by atoms with E-state index in [0.29, 0.717) is 0 Å². The van der Waals surface area contributed by atoms with Gasteiger partial charge in [-0.3, -0.25) is 0 Å². The van der Waals surface area contributed by atoms with Gasteiger partial charge in [0, 0.05) is 0 Å². The van der Waals surface area contributed by atoms with E-state index in [-0.39, 0.29) is 5.75 Å². The van der Waals surface area contributed by atoms with Gasteiger partial charge in [-0.25, -0.2) is 4.39 Å². The van der Waals surface area contributed by atoms with Crippen LogP contribution in [0.1, 0.15) is 45.6 Å². The van der Waals surface area contributed by atoms with E-state index in [1.165, 1.54) is 25.0 Å². The Morgan fingerprint density at radius 1 is 1.07 bits per heavy atom. The van der Waals surface area contributed by atoms with Crippen molar-refractivity contribution in [3.8, 4) is 5.75 Å². The van der Waals surface area contributed by atoms with Gasteiger partial charge in [0.1, 0.15) is 0 Å². The maximum atomic E-state index is 12.7. The Hall–Kier alpha value is -1.05. The monoisotopic (exact) mass is 212 g/mol. The average molecular weight is 212 g/mol. The topological polar surface area (TPSA) is 20.2 Å². The molecule has 1 nitrogen and oxygen atoms in total. The van der Waals surface area contributed by atoms with Gasteiger partial charge < -0.3 is 5.11 Å². The number of aromatic hydroxyl groups is 1. The molecular formula is C13H21FO. The van der Waals surface area contributed by atoms with Crippen LogP contribution in [-0.2, 0) is 6.42 Å². The summed E-state index contributed by atoms with van der Waals surface area (Å²) in [4.78, 5) is 0. The van der Waals surface area contributed by atoms with Crippen LogP contribution in [0.4, 0.5) is 4.39 Å². The van der Waals surface area contributed by atoms with Crippen molar-refractivity contribution in [3.05, 3.63) is 29.6 Å². The third-order valence-electron chi connectivity index (χ3n) is 2.05. The van der Waals surface area contributed by atoms with Crippen LogP contribution >= 0.6 is 0 Å². The molecule has 0 radical (unpaired) electrons. The second kappa shape index (κ2) is 8.27. The molecule has 0 aliphatic carbocycles. The summed E-state index contributed by atoms with van der Waals surface area (Å²) < 4.78 is 12.7. The number of aryl methyl sites for hydroxylation is 1. The molecule has 2 heteroatoms. The molecule has 0 heterocycles. The quantitative estimate of drug-likeness (QED) is 0.792. The summed E-state index contributed by atoms with van der Waals surface area (Å²) in [5, 5.41) is 8.84. The lowest BCUT2D eigenvalue weighted by Gasteiger charge is -1.99. The van der Waals surface area contributed by atoms with Crippen LogP contribution in [0.3, 0.4) is 0 Å². The second-order valence-corrected chi connectivity index (χ2v) is 3.54. The lowest BCUT2D eigenvalue weighted by atomic mass is 10.1. The van der Waals surface area contributed by atoms with Gasteiger partial charge >= 0.3 is 0 Å². The van der Waals surface area contributed by atoms with E-state index in [0.717, 1.165) is 18.4 Å². The molecule has 15 heavy (non-hydrogen) atoms. The molecule has 0 aliphatic rings. The molecular weight excluding hydrogens is 191 g/mol. The molecule has 1 aromatic rings. The molecule has 1 rings (SSSR count). The smallest absolute Gasteiger partial charge is 0.165 e. The van der Waals surface area contributed by atoms with Crippen molar-refractivity contribution < 1.29 is 9.50 Å². The standard InChI is InChI=1S/C9H11FO.C4H10/c1-2-3-7-4-5-9(11)8(10)6-7;1-3-4-2/h4-6,11H,2-3H2,1H3;3-4H2,1-2H3. The van der Waals surface area contributed by atoms with E-state index in [1.807, 2.05) is 6.92 Å². The zero-order valence-electron chi connectivity index (χ0n) is 9.89. The fraction of sp³-hybridized carbons (Fsp3) is 0.538. The molecule has 0 saturated heterocycles. The Morgan fingerprint density at radius 2 is 1.67 bits per heavy atom. The zero-order chi connectivity index (χ0) is 11.7. The summed E-state index contributed by atoms with van der Waals surface area (Å²) in [5.74, 6) is -0.805. The predicted octanol–water partition coefficient (Wildman–Crippen LogP) is 4.29. The predicted molar refractivity (Wildman–Crippen MR) is 62.6 cm³/mol. The third kappa shape index (κ3) is 6.10. The van der Waals surface area contributed by atoms with Crippen LogP contribution in [0.5, 0.6) is 5.75 Å². The molecule has 0 spiro atoms. The fourth-order valence-electron chi connectivity index (χ4n) is 0.995. The maximum Gasteiger partial charge on any atom is 0.165 e. The molecule has 0 bridgehead atoms. The molecule has 0 saturated carbocycles. The molecule has 0 unspecified atom stereocenters. The van der Waals surface area contributed by atoms with E-state index >= 15 is 0 Å². The van der Waals surface area contributed by atoms with E-state index < -0.39 is 5.82 Å². The van der Waals surface area contributed by atoms with Crippen molar-refractivity contribution in [1.82, 2.24) is 0 Å². The van der Waals surface area contributed by atoms with Crippen LogP contribution < -0.4 is 0 Å². The van der Waals surface area contributed by atoms with Crippen LogP contribution in [-0.4, -0.2) is 5.11 Å². The van der Waals surface area contributed by atoms with Crippen LogP contribution in [0.15, 0.2) is 18.2 Å². The minimum absolute atomic E-state index is 0.273. The molecule has 0 atom stereocenters. The van der Waals surface area contributed by atoms with Crippen molar-refractivity contribution in [2.45, 2.75) is 46.5 Å². The summed E-state index contributed by atoms with van der Waals surface area (Å²) in [7, 11) is 0. The molecule has 1 N–H and O–H groups in total. The largest absolute Gasteiger partial charge is 0.505 e. The fourth-order valence-corrected chi connectivity index (χ4v) is 0.995. The Kier molecular flexibility index (Phi) is 7.69. The summed E-state index contributed by atoms with van der Waals surface area (Å²) >= 11 is 0. The van der Waals surface area contributed by atoms with Crippen molar-refractivity contribution in [2.24, 2.45) is 0 Å². The van der Waals surface area contributed by atoms with Crippen molar-refractivity contribution >= 4 is 0 Å². The lowest BCUT2D eigenvalue weighted by molar-refractivity contribution is 0.432. The highest BCUT2D eigenvalue weighted by atomic mass is 19.1. The Bertz CT molecular complexity index is 269. The first kappa shape index (κ1) is 13.9. The lowest BCUT2D eigenvalue weighted by Crippen LogP contribution is -1.84. The van der Waals surface area contributed by atoms with Gasteiger partial charge in [-0.2, -0.15) is 0 Å². The van der Waals surface area contributed by atoms with E-state index in [9.17, 15) is 4.39 Å². The zero-order valence-corrected chi connectivity index (χ0v) is 9.89. The number of benzene rings is 1. The maximum absolute atomic E-state index is 12.7. The second-order valence-electron chi connectivity index (χ2n) is 3.54. The molecule has 0 aliphatic heterocycles. The third-order valence-corrected chi connectivity index (χ3v) is 2.05. The highest BCUT2D eigenvalue weighted by molar-refractivity contribution is 5.27. The number of hydrogen-bond donors (Lipinski definition) is 1. The van der Waals surface area contributed by atoms with Gasteiger partial charge in [-0.1, -0.05) is 46.1 Å². The van der Waals surface area contributed by atoms with Gasteiger partial charge in [0.05, 0.1) is 0 Å². The first-order chi connectivity index (χ1) is 7.15. The number of hydrogen-bond acceptors (Lipinski definition) is 1. The van der Waals surface area contributed by atoms with Crippen molar-refractivity contribution in [2.75, 3.05) is 0 Å². The molecule has 0 fully saturated rings. The number of phenolic OH excluding ortho intramolecular Hbond substituents is 1. The van der Waals surface area contributed by atoms with Gasteiger partial charge in [-0.15, -0.1) is 0 Å². The van der Waals surface area contributed by atoms with E-state index in [2.05, 4.69) is 13.8 Å². The minimum Gasteiger partial charge on any atom is -0.505 e. The Labute approximate surface area is 92.0 Å². The van der Waals surface area contributed by atoms with Gasteiger partial charge in [0.2, 0.25) is 0 Å². The molecule has 0 aromatic heterocycles.